The fourth-order valence-electron chi connectivity index (χ4n) is 1.52. The minimum atomic E-state index is -0.738. The Hall–Kier alpha value is -2.04. The summed E-state index contributed by atoms with van der Waals surface area (Å²) in [5.41, 5.74) is 9.29. The van der Waals surface area contributed by atoms with Crippen molar-refractivity contribution in [1.82, 2.24) is 5.43 Å². The van der Waals surface area contributed by atoms with Crippen LogP contribution in [0.3, 0.4) is 0 Å². The van der Waals surface area contributed by atoms with Gasteiger partial charge in [-0.15, -0.1) is 0 Å². The number of amides is 2. The first-order chi connectivity index (χ1) is 7.93. The lowest BCUT2D eigenvalue weighted by molar-refractivity contribution is 0.249. The first kappa shape index (κ1) is 13.0. The molecule has 0 unspecified atom stereocenters. The van der Waals surface area contributed by atoms with Crippen LogP contribution in [0.15, 0.2) is 17.2 Å². The SMILES string of the molecule is Cc1ccc(C(C)C)c(O)c1C=NNC(N)=O. The van der Waals surface area contributed by atoms with Crippen molar-refractivity contribution in [2.75, 3.05) is 0 Å². The summed E-state index contributed by atoms with van der Waals surface area (Å²) in [7, 11) is 0. The normalized spacial score (nSPS) is 11.1. The number of nitrogens with zero attached hydrogens (tertiary/aromatic N) is 1. The summed E-state index contributed by atoms with van der Waals surface area (Å²) in [4.78, 5) is 10.5. The van der Waals surface area contributed by atoms with Gasteiger partial charge in [-0.2, -0.15) is 5.10 Å². The summed E-state index contributed by atoms with van der Waals surface area (Å²) in [5, 5.41) is 13.7. The maximum absolute atomic E-state index is 10.5. The number of hydrogen-bond donors (Lipinski definition) is 3. The van der Waals surface area contributed by atoms with Gasteiger partial charge in [-0.1, -0.05) is 26.0 Å². The Labute approximate surface area is 100 Å². The van der Waals surface area contributed by atoms with Crippen molar-refractivity contribution in [2.45, 2.75) is 26.7 Å². The number of benzene rings is 1. The van der Waals surface area contributed by atoms with Crippen molar-refractivity contribution in [3.8, 4) is 5.75 Å². The summed E-state index contributed by atoms with van der Waals surface area (Å²) in [6.45, 7) is 5.84. The van der Waals surface area contributed by atoms with E-state index in [0.29, 0.717) is 5.56 Å². The minimum Gasteiger partial charge on any atom is -0.507 e. The molecule has 0 aromatic heterocycles. The molecule has 0 aliphatic rings. The summed E-state index contributed by atoms with van der Waals surface area (Å²) >= 11 is 0. The monoisotopic (exact) mass is 235 g/mol. The van der Waals surface area contributed by atoms with Crippen LogP contribution in [0.1, 0.15) is 36.5 Å². The molecule has 4 N–H and O–H groups in total. The molecule has 0 bridgehead atoms. The molecule has 0 fully saturated rings. The second-order valence-corrected chi connectivity index (χ2v) is 4.12. The van der Waals surface area contributed by atoms with E-state index in [9.17, 15) is 9.90 Å². The minimum absolute atomic E-state index is 0.190. The van der Waals surface area contributed by atoms with Gasteiger partial charge in [-0.25, -0.2) is 10.2 Å². The van der Waals surface area contributed by atoms with Crippen molar-refractivity contribution in [2.24, 2.45) is 10.8 Å². The first-order valence-electron chi connectivity index (χ1n) is 5.34. The molecule has 0 saturated carbocycles. The highest BCUT2D eigenvalue weighted by atomic mass is 16.3. The van der Waals surface area contributed by atoms with Gasteiger partial charge in [0.05, 0.1) is 6.21 Å². The Morgan fingerprint density at radius 1 is 1.53 bits per heavy atom. The number of urea groups is 1. The Kier molecular flexibility index (Phi) is 4.09. The maximum Gasteiger partial charge on any atom is 0.332 e. The van der Waals surface area contributed by atoms with Crippen LogP contribution in [0, 0.1) is 6.92 Å². The molecular weight excluding hydrogens is 218 g/mol. The lowest BCUT2D eigenvalue weighted by atomic mass is 9.96. The van der Waals surface area contributed by atoms with E-state index in [2.05, 4.69) is 10.5 Å². The van der Waals surface area contributed by atoms with Gasteiger partial charge in [0.15, 0.2) is 0 Å². The summed E-state index contributed by atoms with van der Waals surface area (Å²) in [6, 6.07) is 3.05. The summed E-state index contributed by atoms with van der Waals surface area (Å²) < 4.78 is 0. The molecule has 5 heteroatoms. The van der Waals surface area contributed by atoms with E-state index in [1.807, 2.05) is 32.9 Å². The molecule has 1 aromatic rings. The molecule has 92 valence electrons. The van der Waals surface area contributed by atoms with E-state index >= 15 is 0 Å². The summed E-state index contributed by atoms with van der Waals surface area (Å²) in [5.74, 6) is 0.405. The van der Waals surface area contributed by atoms with Crippen molar-refractivity contribution >= 4 is 12.2 Å². The number of nitrogens with two attached hydrogens (primary N) is 1. The van der Waals surface area contributed by atoms with Gasteiger partial charge in [0.25, 0.3) is 0 Å². The Morgan fingerprint density at radius 2 is 2.18 bits per heavy atom. The lowest BCUT2D eigenvalue weighted by Gasteiger charge is -2.12. The highest BCUT2D eigenvalue weighted by Gasteiger charge is 2.11. The fraction of sp³-hybridized carbons (Fsp3) is 0.333. The quantitative estimate of drug-likeness (QED) is 0.551. The number of rotatable bonds is 3. The molecule has 0 saturated heterocycles. The molecule has 1 rings (SSSR count). The standard InChI is InChI=1S/C12H17N3O2/c1-7(2)9-5-4-8(3)10(11(9)16)6-14-15-12(13)17/h4-7,16H,1-3H3,(H3,13,15,17). The predicted molar refractivity (Wildman–Crippen MR) is 67.2 cm³/mol. The average Bonchev–Trinajstić information content (AvgIpc) is 2.21. The third kappa shape index (κ3) is 3.21. The Balaban J connectivity index is 3.09. The number of carbonyl (C=O) groups is 1. The van der Waals surface area contributed by atoms with Crippen LogP contribution in [0.2, 0.25) is 0 Å². The molecule has 1 aromatic carbocycles. The van der Waals surface area contributed by atoms with Crippen molar-refractivity contribution in [3.63, 3.8) is 0 Å². The molecule has 0 spiro atoms. The van der Waals surface area contributed by atoms with Crippen LogP contribution in [-0.4, -0.2) is 17.4 Å². The Bertz CT molecular complexity index is 453. The van der Waals surface area contributed by atoms with Gasteiger partial charge in [-0.3, -0.25) is 0 Å². The Morgan fingerprint density at radius 3 is 2.71 bits per heavy atom. The van der Waals surface area contributed by atoms with Gasteiger partial charge in [0.2, 0.25) is 0 Å². The van der Waals surface area contributed by atoms with Crippen LogP contribution >= 0.6 is 0 Å². The van der Waals surface area contributed by atoms with E-state index in [-0.39, 0.29) is 11.7 Å². The number of hydrazone groups is 1. The number of carbonyl (C=O) groups excluding carboxylic acids is 1. The number of primary amides is 1. The topological polar surface area (TPSA) is 87.7 Å². The largest absolute Gasteiger partial charge is 0.507 e. The molecule has 17 heavy (non-hydrogen) atoms. The number of nitrogens with one attached hydrogen (secondary N) is 1. The lowest BCUT2D eigenvalue weighted by Crippen LogP contribution is -2.24. The van der Waals surface area contributed by atoms with Gasteiger partial charge >= 0.3 is 6.03 Å². The molecule has 0 aliphatic heterocycles. The van der Waals surface area contributed by atoms with Crippen LogP contribution in [0.5, 0.6) is 5.75 Å². The molecule has 0 atom stereocenters. The van der Waals surface area contributed by atoms with Gasteiger partial charge in [0.1, 0.15) is 5.75 Å². The molecule has 0 aliphatic carbocycles. The van der Waals surface area contributed by atoms with E-state index in [0.717, 1.165) is 11.1 Å². The van der Waals surface area contributed by atoms with Gasteiger partial charge in [-0.05, 0) is 24.0 Å². The average molecular weight is 235 g/mol. The molecule has 5 nitrogen and oxygen atoms in total. The third-order valence-corrected chi connectivity index (χ3v) is 2.46. The van der Waals surface area contributed by atoms with E-state index in [4.69, 9.17) is 5.73 Å². The molecule has 0 heterocycles. The zero-order valence-electron chi connectivity index (χ0n) is 10.2. The van der Waals surface area contributed by atoms with Crippen molar-refractivity contribution < 1.29 is 9.90 Å². The fourth-order valence-corrected chi connectivity index (χ4v) is 1.52. The zero-order chi connectivity index (χ0) is 13.0. The molecular formula is C12H17N3O2. The second kappa shape index (κ2) is 5.34. The number of phenolic OH excluding ortho intramolecular Hbond substituents is 1. The van der Waals surface area contributed by atoms with Crippen LogP contribution in [0.4, 0.5) is 4.79 Å². The predicted octanol–water partition coefficient (Wildman–Crippen LogP) is 1.83. The van der Waals surface area contributed by atoms with E-state index < -0.39 is 6.03 Å². The number of phenols is 1. The molecule has 2 amide bonds. The van der Waals surface area contributed by atoms with Crippen LogP contribution in [-0.2, 0) is 0 Å². The number of aromatic hydroxyl groups is 1. The molecule has 0 radical (unpaired) electrons. The summed E-state index contributed by atoms with van der Waals surface area (Å²) in [6.07, 6.45) is 1.39. The van der Waals surface area contributed by atoms with Crippen LogP contribution < -0.4 is 11.2 Å². The first-order valence-corrected chi connectivity index (χ1v) is 5.34. The van der Waals surface area contributed by atoms with Crippen LogP contribution in [0.25, 0.3) is 0 Å². The van der Waals surface area contributed by atoms with Gasteiger partial charge in [0, 0.05) is 5.56 Å². The van der Waals surface area contributed by atoms with Gasteiger partial charge < -0.3 is 10.8 Å². The van der Waals surface area contributed by atoms with Crippen molar-refractivity contribution in [1.29, 1.82) is 0 Å². The third-order valence-electron chi connectivity index (χ3n) is 2.46. The zero-order valence-corrected chi connectivity index (χ0v) is 10.2. The maximum atomic E-state index is 10.5. The van der Waals surface area contributed by atoms with E-state index in [1.165, 1.54) is 6.21 Å². The highest BCUT2D eigenvalue weighted by molar-refractivity contribution is 5.87. The van der Waals surface area contributed by atoms with Crippen molar-refractivity contribution in [3.05, 3.63) is 28.8 Å². The second-order valence-electron chi connectivity index (χ2n) is 4.12. The smallest absolute Gasteiger partial charge is 0.332 e. The van der Waals surface area contributed by atoms with E-state index in [1.54, 1.807) is 0 Å². The number of aryl methyl sites for hydroxylation is 1. The number of hydrogen-bond acceptors (Lipinski definition) is 3. The highest BCUT2D eigenvalue weighted by Crippen LogP contribution is 2.29.